The van der Waals surface area contributed by atoms with Gasteiger partial charge < -0.3 is 10.5 Å². The van der Waals surface area contributed by atoms with Gasteiger partial charge in [-0.25, -0.2) is 4.79 Å². The van der Waals surface area contributed by atoms with E-state index in [0.29, 0.717) is 11.1 Å². The summed E-state index contributed by atoms with van der Waals surface area (Å²) in [5.41, 5.74) is 5.21. The molecular weight excluding hydrogens is 323 g/mol. The largest absolute Gasteiger partial charge is 0.449 e. The number of rotatable bonds is 4. The van der Waals surface area contributed by atoms with Gasteiger partial charge in [-0.1, -0.05) is 30.3 Å². The first-order chi connectivity index (χ1) is 11.2. The summed E-state index contributed by atoms with van der Waals surface area (Å²) in [6.07, 6.45) is -5.55. The highest BCUT2D eigenvalue weighted by atomic mass is 19.4. The minimum absolute atomic E-state index is 0.130. The highest BCUT2D eigenvalue weighted by Crippen LogP contribution is 2.32. The van der Waals surface area contributed by atoms with E-state index in [-0.39, 0.29) is 5.56 Å². The first-order valence-electron chi connectivity index (χ1n) is 6.97. The Morgan fingerprint density at radius 1 is 1.04 bits per heavy atom. The van der Waals surface area contributed by atoms with Crippen molar-refractivity contribution in [1.82, 2.24) is 0 Å². The van der Waals surface area contributed by atoms with Crippen LogP contribution >= 0.6 is 0 Å². The molecule has 0 radical (unpaired) electrons. The summed E-state index contributed by atoms with van der Waals surface area (Å²) in [5.74, 6) is -1.58. The number of benzene rings is 2. The van der Waals surface area contributed by atoms with Crippen LogP contribution < -0.4 is 5.73 Å². The van der Waals surface area contributed by atoms with Crippen LogP contribution in [0.2, 0.25) is 0 Å². The molecule has 2 N–H and O–H groups in total. The van der Waals surface area contributed by atoms with E-state index in [4.69, 9.17) is 10.5 Å². The molecule has 0 aliphatic carbocycles. The van der Waals surface area contributed by atoms with Crippen molar-refractivity contribution in [2.24, 2.45) is 5.73 Å². The van der Waals surface area contributed by atoms with E-state index in [2.05, 4.69) is 0 Å². The van der Waals surface area contributed by atoms with Crippen LogP contribution in [0.4, 0.5) is 13.2 Å². The molecule has 4 nitrogen and oxygen atoms in total. The van der Waals surface area contributed by atoms with Gasteiger partial charge >= 0.3 is 12.1 Å². The van der Waals surface area contributed by atoms with Crippen molar-refractivity contribution >= 4 is 11.9 Å². The van der Waals surface area contributed by atoms with E-state index in [0.717, 1.165) is 12.1 Å². The van der Waals surface area contributed by atoms with Crippen molar-refractivity contribution < 1.29 is 27.5 Å². The summed E-state index contributed by atoms with van der Waals surface area (Å²) >= 11 is 0. The molecule has 0 saturated carbocycles. The van der Waals surface area contributed by atoms with E-state index in [1.54, 1.807) is 18.2 Å². The lowest BCUT2D eigenvalue weighted by molar-refractivity contribution is -0.137. The summed E-state index contributed by atoms with van der Waals surface area (Å²) < 4.78 is 42.8. The molecule has 1 amide bonds. The molecule has 2 rings (SSSR count). The SMILES string of the molecule is CC(OC(=O)c1ccccc1-c1ccc(C(F)(F)F)cc1)C(N)=O. The van der Waals surface area contributed by atoms with Gasteiger partial charge in [-0.05, 0) is 36.2 Å². The predicted molar refractivity (Wildman–Crippen MR) is 81.0 cm³/mol. The van der Waals surface area contributed by atoms with Crippen molar-refractivity contribution in [3.05, 3.63) is 59.7 Å². The van der Waals surface area contributed by atoms with E-state index in [1.807, 2.05) is 0 Å². The lowest BCUT2D eigenvalue weighted by Gasteiger charge is -2.13. The number of amides is 1. The summed E-state index contributed by atoms with van der Waals surface area (Å²) in [4.78, 5) is 23.2. The summed E-state index contributed by atoms with van der Waals surface area (Å²) in [6, 6.07) is 10.7. The average molecular weight is 337 g/mol. The van der Waals surface area contributed by atoms with Gasteiger partial charge in [0.15, 0.2) is 6.10 Å². The molecular formula is C17H14F3NO3. The zero-order valence-corrected chi connectivity index (χ0v) is 12.6. The molecule has 2 aromatic carbocycles. The third kappa shape index (κ3) is 3.92. The van der Waals surface area contributed by atoms with Gasteiger partial charge in [0.1, 0.15) is 0 Å². The maximum atomic E-state index is 12.6. The summed E-state index contributed by atoms with van der Waals surface area (Å²) in [7, 11) is 0. The Morgan fingerprint density at radius 3 is 2.17 bits per heavy atom. The molecule has 1 atom stereocenters. The second-order valence-corrected chi connectivity index (χ2v) is 5.07. The number of esters is 1. The van der Waals surface area contributed by atoms with Crippen LogP contribution in [0.25, 0.3) is 11.1 Å². The Labute approximate surface area is 136 Å². The molecule has 0 aliphatic rings. The molecule has 24 heavy (non-hydrogen) atoms. The van der Waals surface area contributed by atoms with Crippen molar-refractivity contribution in [3.63, 3.8) is 0 Å². The molecule has 2 aromatic rings. The highest BCUT2D eigenvalue weighted by molar-refractivity contribution is 5.98. The van der Waals surface area contributed by atoms with Gasteiger partial charge in [0.05, 0.1) is 11.1 Å². The van der Waals surface area contributed by atoms with Gasteiger partial charge in [0.25, 0.3) is 5.91 Å². The number of nitrogens with two attached hydrogens (primary N) is 1. The zero-order chi connectivity index (χ0) is 17.9. The topological polar surface area (TPSA) is 69.4 Å². The Balaban J connectivity index is 2.35. The zero-order valence-electron chi connectivity index (χ0n) is 12.6. The molecule has 0 saturated heterocycles. The van der Waals surface area contributed by atoms with Gasteiger partial charge in [-0.15, -0.1) is 0 Å². The van der Waals surface area contributed by atoms with Gasteiger partial charge in [0, 0.05) is 0 Å². The predicted octanol–water partition coefficient (Wildman–Crippen LogP) is 3.40. The summed E-state index contributed by atoms with van der Waals surface area (Å²) in [6.45, 7) is 1.33. The lowest BCUT2D eigenvalue weighted by atomic mass is 9.98. The molecule has 7 heteroatoms. The highest BCUT2D eigenvalue weighted by Gasteiger charge is 2.30. The number of carbonyl (C=O) groups is 2. The lowest BCUT2D eigenvalue weighted by Crippen LogP contribution is -2.30. The van der Waals surface area contributed by atoms with Gasteiger partial charge in [-0.3, -0.25) is 4.79 Å². The van der Waals surface area contributed by atoms with Crippen LogP contribution in [0.15, 0.2) is 48.5 Å². The van der Waals surface area contributed by atoms with Crippen LogP contribution in [0.5, 0.6) is 0 Å². The van der Waals surface area contributed by atoms with E-state index >= 15 is 0 Å². The van der Waals surface area contributed by atoms with Crippen LogP contribution in [-0.2, 0) is 15.7 Å². The first-order valence-corrected chi connectivity index (χ1v) is 6.97. The monoisotopic (exact) mass is 337 g/mol. The molecule has 126 valence electrons. The number of hydrogen-bond donors (Lipinski definition) is 1. The molecule has 0 spiro atoms. The molecule has 0 aromatic heterocycles. The average Bonchev–Trinajstić information content (AvgIpc) is 2.54. The second-order valence-electron chi connectivity index (χ2n) is 5.07. The maximum absolute atomic E-state index is 12.6. The van der Waals surface area contributed by atoms with Crippen molar-refractivity contribution in [3.8, 4) is 11.1 Å². The number of hydrogen-bond acceptors (Lipinski definition) is 3. The third-order valence-electron chi connectivity index (χ3n) is 3.35. The summed E-state index contributed by atoms with van der Waals surface area (Å²) in [5, 5.41) is 0. The van der Waals surface area contributed by atoms with Crippen LogP contribution in [-0.4, -0.2) is 18.0 Å². The first kappa shape index (κ1) is 17.5. The number of primary amides is 1. The van der Waals surface area contributed by atoms with E-state index in [1.165, 1.54) is 25.1 Å². The minimum Gasteiger partial charge on any atom is -0.449 e. The molecule has 1 unspecified atom stereocenters. The van der Waals surface area contributed by atoms with Crippen LogP contribution in [0.3, 0.4) is 0 Å². The Morgan fingerprint density at radius 2 is 1.62 bits per heavy atom. The number of alkyl halides is 3. The third-order valence-corrected chi connectivity index (χ3v) is 3.35. The minimum atomic E-state index is -4.44. The van der Waals surface area contributed by atoms with E-state index in [9.17, 15) is 22.8 Å². The standard InChI is InChI=1S/C17H14F3NO3/c1-10(15(21)22)24-16(23)14-5-3-2-4-13(14)11-6-8-12(9-7-11)17(18,19)20/h2-10H,1H3,(H2,21,22). The molecule has 0 fully saturated rings. The maximum Gasteiger partial charge on any atom is 0.416 e. The number of ether oxygens (including phenoxy) is 1. The van der Waals surface area contributed by atoms with Gasteiger partial charge in [-0.2, -0.15) is 13.2 Å². The van der Waals surface area contributed by atoms with Crippen molar-refractivity contribution in [2.75, 3.05) is 0 Å². The van der Waals surface area contributed by atoms with E-state index < -0.39 is 29.7 Å². The van der Waals surface area contributed by atoms with Gasteiger partial charge in [0.2, 0.25) is 0 Å². The smallest absolute Gasteiger partial charge is 0.416 e. The fourth-order valence-electron chi connectivity index (χ4n) is 2.03. The van der Waals surface area contributed by atoms with Crippen LogP contribution in [0, 0.1) is 0 Å². The molecule has 0 bridgehead atoms. The second kappa shape index (κ2) is 6.74. The number of carbonyl (C=O) groups excluding carboxylic acids is 2. The quantitative estimate of drug-likeness (QED) is 0.869. The van der Waals surface area contributed by atoms with Crippen molar-refractivity contribution in [2.45, 2.75) is 19.2 Å². The Hall–Kier alpha value is -2.83. The molecule has 0 aliphatic heterocycles. The fraction of sp³-hybridized carbons (Fsp3) is 0.176. The van der Waals surface area contributed by atoms with Crippen molar-refractivity contribution in [1.29, 1.82) is 0 Å². The molecule has 0 heterocycles. The van der Waals surface area contributed by atoms with Crippen LogP contribution in [0.1, 0.15) is 22.8 Å². The Kier molecular flexibility index (Phi) is 4.92. The fourth-order valence-corrected chi connectivity index (χ4v) is 2.03. The Bertz CT molecular complexity index is 754. The number of halogens is 3. The normalized spacial score (nSPS) is 12.5.